The fraction of sp³-hybridized carbons (Fsp3) is 0.667. The summed E-state index contributed by atoms with van der Waals surface area (Å²) < 4.78 is 21.1. The maximum Gasteiger partial charge on any atom is 0.410 e. The van der Waals surface area contributed by atoms with Gasteiger partial charge in [-0.25, -0.2) is 9.18 Å². The number of rotatable bonds is 1. The second kappa shape index (κ2) is 4.46. The lowest BCUT2D eigenvalue weighted by Crippen LogP contribution is -2.76. The molecule has 124 valence electrons. The van der Waals surface area contributed by atoms with Gasteiger partial charge in [-0.1, -0.05) is 6.07 Å². The van der Waals surface area contributed by atoms with E-state index in [1.807, 2.05) is 26.8 Å². The van der Waals surface area contributed by atoms with Crippen molar-refractivity contribution in [3.8, 4) is 0 Å². The molecule has 1 amide bonds. The van der Waals surface area contributed by atoms with Crippen molar-refractivity contribution in [3.05, 3.63) is 30.1 Å². The highest BCUT2D eigenvalue weighted by Crippen LogP contribution is 2.70. The first kappa shape index (κ1) is 14.9. The number of ether oxygens (including phenoxy) is 1. The molecule has 4 unspecified atom stereocenters. The summed E-state index contributed by atoms with van der Waals surface area (Å²) in [5.41, 5.74) is -1.51. The maximum atomic E-state index is 15.6. The summed E-state index contributed by atoms with van der Waals surface area (Å²) in [6.07, 6.45) is 4.10. The molecule has 0 radical (unpaired) electrons. The first-order chi connectivity index (χ1) is 10.8. The molecule has 0 bridgehead atoms. The van der Waals surface area contributed by atoms with E-state index in [0.717, 1.165) is 12.8 Å². The van der Waals surface area contributed by atoms with Crippen molar-refractivity contribution < 1.29 is 13.9 Å². The second-order valence-corrected chi connectivity index (χ2v) is 8.25. The summed E-state index contributed by atoms with van der Waals surface area (Å²) in [6, 6.07) is 5.47. The molecule has 4 atom stereocenters. The number of likely N-dealkylation sites (tertiary alicyclic amines) is 1. The van der Waals surface area contributed by atoms with Gasteiger partial charge in [-0.2, -0.15) is 0 Å². The smallest absolute Gasteiger partial charge is 0.410 e. The van der Waals surface area contributed by atoms with Crippen LogP contribution in [0, 0.1) is 5.41 Å². The minimum absolute atomic E-state index is 0.0524. The molecule has 2 saturated carbocycles. The van der Waals surface area contributed by atoms with Gasteiger partial charge in [0.15, 0.2) is 5.67 Å². The Kier molecular flexibility index (Phi) is 2.89. The summed E-state index contributed by atoms with van der Waals surface area (Å²) in [5.74, 6) is 0. The molecule has 2 heterocycles. The predicted molar refractivity (Wildman–Crippen MR) is 83.6 cm³/mol. The first-order valence-corrected chi connectivity index (χ1v) is 8.37. The van der Waals surface area contributed by atoms with Crippen molar-refractivity contribution in [1.82, 2.24) is 9.88 Å². The molecule has 1 aromatic heterocycles. The van der Waals surface area contributed by atoms with Crippen molar-refractivity contribution in [2.24, 2.45) is 5.41 Å². The van der Waals surface area contributed by atoms with E-state index in [9.17, 15) is 4.79 Å². The van der Waals surface area contributed by atoms with E-state index in [0.29, 0.717) is 18.5 Å². The molecule has 1 saturated heterocycles. The zero-order chi connectivity index (χ0) is 16.5. The van der Waals surface area contributed by atoms with Gasteiger partial charge in [-0.05, 0) is 52.2 Å². The zero-order valence-electron chi connectivity index (χ0n) is 13.9. The number of hydrogen-bond acceptors (Lipinski definition) is 3. The van der Waals surface area contributed by atoms with Crippen LogP contribution >= 0.6 is 0 Å². The third-order valence-corrected chi connectivity index (χ3v) is 5.74. The van der Waals surface area contributed by atoms with E-state index in [1.165, 1.54) is 0 Å². The van der Waals surface area contributed by atoms with Crippen molar-refractivity contribution in [2.45, 2.75) is 69.8 Å². The molecular formula is C18H23FN2O2. The number of carbonyl (C=O) groups excluding carboxylic acids is 1. The number of amides is 1. The number of aromatic nitrogens is 1. The summed E-state index contributed by atoms with van der Waals surface area (Å²) in [5, 5.41) is 0. The number of hydrogen-bond donors (Lipinski definition) is 0. The van der Waals surface area contributed by atoms with Gasteiger partial charge in [-0.15, -0.1) is 0 Å². The minimum Gasteiger partial charge on any atom is -0.444 e. The molecular weight excluding hydrogens is 295 g/mol. The molecule has 5 heteroatoms. The molecule has 1 aromatic rings. The number of pyridine rings is 1. The molecule has 1 spiro atoms. The molecule has 4 rings (SSSR count). The number of nitrogens with zero attached hydrogens (tertiary/aromatic N) is 2. The van der Waals surface area contributed by atoms with E-state index < -0.39 is 11.3 Å². The largest absolute Gasteiger partial charge is 0.444 e. The van der Waals surface area contributed by atoms with E-state index in [-0.39, 0.29) is 23.6 Å². The molecule has 4 nitrogen and oxygen atoms in total. The summed E-state index contributed by atoms with van der Waals surface area (Å²) in [4.78, 5) is 18.5. The number of carbonyl (C=O) groups is 1. The van der Waals surface area contributed by atoms with Crippen LogP contribution in [0.1, 0.15) is 52.1 Å². The molecule has 2 aliphatic carbocycles. The lowest BCUT2D eigenvalue weighted by atomic mass is 9.53. The molecule has 0 aromatic carbocycles. The van der Waals surface area contributed by atoms with E-state index in [1.54, 1.807) is 23.2 Å². The molecule has 0 N–H and O–H groups in total. The van der Waals surface area contributed by atoms with E-state index in [2.05, 4.69) is 4.98 Å². The fourth-order valence-corrected chi connectivity index (χ4v) is 4.78. The van der Waals surface area contributed by atoms with Crippen molar-refractivity contribution in [1.29, 1.82) is 0 Å². The van der Waals surface area contributed by atoms with Gasteiger partial charge in [-0.3, -0.25) is 4.98 Å². The van der Waals surface area contributed by atoms with Crippen LogP contribution in [0.2, 0.25) is 0 Å². The Morgan fingerprint density at radius 1 is 1.39 bits per heavy atom. The molecule has 1 aliphatic heterocycles. The van der Waals surface area contributed by atoms with Gasteiger partial charge in [0, 0.05) is 30.1 Å². The van der Waals surface area contributed by atoms with Crippen LogP contribution < -0.4 is 0 Å². The Morgan fingerprint density at radius 2 is 2.17 bits per heavy atom. The van der Waals surface area contributed by atoms with Gasteiger partial charge < -0.3 is 9.64 Å². The van der Waals surface area contributed by atoms with Crippen LogP contribution in [0.15, 0.2) is 24.4 Å². The second-order valence-electron chi connectivity index (χ2n) is 8.25. The van der Waals surface area contributed by atoms with Crippen LogP contribution in [-0.4, -0.2) is 33.7 Å². The zero-order valence-corrected chi connectivity index (χ0v) is 13.9. The van der Waals surface area contributed by atoms with Crippen LogP contribution in [0.25, 0.3) is 0 Å². The Balaban J connectivity index is 1.58. The highest BCUT2D eigenvalue weighted by Gasteiger charge is 2.75. The molecule has 3 fully saturated rings. The fourth-order valence-electron chi connectivity index (χ4n) is 4.78. The average molecular weight is 318 g/mol. The van der Waals surface area contributed by atoms with Crippen LogP contribution in [-0.2, 0) is 10.4 Å². The van der Waals surface area contributed by atoms with Gasteiger partial charge >= 0.3 is 6.09 Å². The standard InChI is InChI=1S/C18H23FN2O2/c1-16(2,3)23-15(22)21-13-7-8-17(13)11-18(19,10-14(17)21)12-6-4-5-9-20-12/h4-6,9,13-14H,7-8,10-11H2,1-3H3. The highest BCUT2D eigenvalue weighted by atomic mass is 19.1. The Morgan fingerprint density at radius 3 is 2.74 bits per heavy atom. The van der Waals surface area contributed by atoms with Gasteiger partial charge in [0.1, 0.15) is 5.60 Å². The van der Waals surface area contributed by atoms with E-state index in [4.69, 9.17) is 4.74 Å². The van der Waals surface area contributed by atoms with Gasteiger partial charge in [0.25, 0.3) is 0 Å². The van der Waals surface area contributed by atoms with E-state index >= 15 is 4.39 Å². The van der Waals surface area contributed by atoms with Gasteiger partial charge in [0.2, 0.25) is 0 Å². The van der Waals surface area contributed by atoms with Crippen LogP contribution in [0.3, 0.4) is 0 Å². The van der Waals surface area contributed by atoms with Gasteiger partial charge in [0.05, 0.1) is 5.69 Å². The normalized spacial score (nSPS) is 38.2. The highest BCUT2D eigenvalue weighted by molar-refractivity contribution is 5.72. The first-order valence-electron chi connectivity index (χ1n) is 8.37. The predicted octanol–water partition coefficient (Wildman–Crippen LogP) is 3.81. The summed E-state index contributed by atoms with van der Waals surface area (Å²) in [6.45, 7) is 5.59. The SMILES string of the molecule is CC(C)(C)OC(=O)N1C2CCC23CC(F)(c2ccccn2)CC13. The quantitative estimate of drug-likeness (QED) is 0.791. The van der Waals surface area contributed by atoms with Crippen molar-refractivity contribution >= 4 is 6.09 Å². The summed E-state index contributed by atoms with van der Waals surface area (Å²) >= 11 is 0. The third-order valence-electron chi connectivity index (χ3n) is 5.74. The summed E-state index contributed by atoms with van der Waals surface area (Å²) in [7, 11) is 0. The number of halogens is 1. The molecule has 3 aliphatic rings. The number of alkyl halides is 1. The molecule has 23 heavy (non-hydrogen) atoms. The van der Waals surface area contributed by atoms with Crippen LogP contribution in [0.5, 0.6) is 0 Å². The Bertz CT molecular complexity index is 644. The maximum absolute atomic E-state index is 15.6. The lowest BCUT2D eigenvalue weighted by molar-refractivity contribution is -0.176. The minimum atomic E-state index is -1.43. The average Bonchev–Trinajstić information content (AvgIpc) is 2.77. The monoisotopic (exact) mass is 318 g/mol. The van der Waals surface area contributed by atoms with Crippen molar-refractivity contribution in [2.75, 3.05) is 0 Å². The topological polar surface area (TPSA) is 42.4 Å². The third kappa shape index (κ3) is 2.01. The lowest BCUT2D eigenvalue weighted by Gasteiger charge is -2.67. The number of piperidine rings is 1. The van der Waals surface area contributed by atoms with Crippen molar-refractivity contribution in [3.63, 3.8) is 0 Å². The van der Waals surface area contributed by atoms with Crippen LogP contribution in [0.4, 0.5) is 9.18 Å². The Hall–Kier alpha value is -1.65. The Labute approximate surface area is 136 Å².